The molecule has 0 saturated heterocycles. The molecule has 1 aromatic carbocycles. The molecule has 2 N–H and O–H groups in total. The Kier molecular flexibility index (Phi) is 5.32. The molecule has 0 fully saturated rings. The second-order valence-corrected chi connectivity index (χ2v) is 6.47. The van der Waals surface area contributed by atoms with E-state index in [0.717, 1.165) is 5.56 Å². The Morgan fingerprint density at radius 1 is 1.30 bits per heavy atom. The topological polar surface area (TPSA) is 64.9 Å². The van der Waals surface area contributed by atoms with Crippen LogP contribution in [0.15, 0.2) is 27.8 Å². The van der Waals surface area contributed by atoms with Crippen molar-refractivity contribution in [3.05, 3.63) is 39.7 Å². The first-order valence-electron chi connectivity index (χ1n) is 6.13. The third kappa shape index (κ3) is 3.88. The maximum atomic E-state index is 6.11. The van der Waals surface area contributed by atoms with E-state index in [1.807, 2.05) is 19.9 Å². The van der Waals surface area contributed by atoms with Gasteiger partial charge in [-0.3, -0.25) is 0 Å². The molecular formula is C13H15Cl2N3OS. The zero-order valence-electron chi connectivity index (χ0n) is 11.1. The van der Waals surface area contributed by atoms with Crippen LogP contribution in [0.1, 0.15) is 31.3 Å². The van der Waals surface area contributed by atoms with Crippen LogP contribution >= 0.6 is 35.0 Å². The van der Waals surface area contributed by atoms with Crippen LogP contribution in [0, 0.1) is 5.92 Å². The molecule has 0 unspecified atom stereocenters. The smallest absolute Gasteiger partial charge is 0.276 e. The van der Waals surface area contributed by atoms with Gasteiger partial charge in [0.05, 0.1) is 6.04 Å². The lowest BCUT2D eigenvalue weighted by molar-refractivity contribution is 0.349. The van der Waals surface area contributed by atoms with Gasteiger partial charge in [-0.2, -0.15) is 0 Å². The van der Waals surface area contributed by atoms with Gasteiger partial charge in [-0.1, -0.05) is 54.9 Å². The standard InChI is InChI=1S/C13H15Cl2N3OS/c1-7(2)11(16)12-17-18-13(19-12)20-6-8-3-4-9(14)5-10(8)15/h3-5,7,11H,6,16H2,1-2H3/t11-/m0/s1. The maximum absolute atomic E-state index is 6.11. The highest BCUT2D eigenvalue weighted by atomic mass is 35.5. The zero-order valence-corrected chi connectivity index (χ0v) is 13.5. The Bertz CT molecular complexity index is 589. The highest BCUT2D eigenvalue weighted by Gasteiger charge is 2.18. The molecule has 0 bridgehead atoms. The fraction of sp³-hybridized carbons (Fsp3) is 0.385. The maximum Gasteiger partial charge on any atom is 0.276 e. The van der Waals surface area contributed by atoms with Crippen molar-refractivity contribution in [2.45, 2.75) is 30.9 Å². The van der Waals surface area contributed by atoms with Gasteiger partial charge in [-0.15, -0.1) is 10.2 Å². The highest BCUT2D eigenvalue weighted by Crippen LogP contribution is 2.29. The molecule has 1 aromatic heterocycles. The van der Waals surface area contributed by atoms with Crippen LogP contribution in [0.4, 0.5) is 0 Å². The van der Waals surface area contributed by atoms with E-state index in [1.54, 1.807) is 12.1 Å². The van der Waals surface area contributed by atoms with Crippen LogP contribution in [0.25, 0.3) is 0 Å². The van der Waals surface area contributed by atoms with Crippen LogP contribution in [0.5, 0.6) is 0 Å². The summed E-state index contributed by atoms with van der Waals surface area (Å²) >= 11 is 13.4. The Balaban J connectivity index is 2.01. The minimum absolute atomic E-state index is 0.240. The van der Waals surface area contributed by atoms with Crippen LogP contribution in [-0.4, -0.2) is 10.2 Å². The third-order valence-electron chi connectivity index (χ3n) is 2.79. The van der Waals surface area contributed by atoms with Crippen molar-refractivity contribution < 1.29 is 4.42 Å². The molecule has 0 saturated carbocycles. The number of aromatic nitrogens is 2. The molecule has 1 heterocycles. The van der Waals surface area contributed by atoms with E-state index < -0.39 is 0 Å². The Morgan fingerprint density at radius 2 is 2.05 bits per heavy atom. The summed E-state index contributed by atoms with van der Waals surface area (Å²) < 4.78 is 5.54. The summed E-state index contributed by atoms with van der Waals surface area (Å²) in [5, 5.41) is 9.68. The van der Waals surface area contributed by atoms with Crippen molar-refractivity contribution >= 4 is 35.0 Å². The van der Waals surface area contributed by atoms with Gasteiger partial charge in [0, 0.05) is 15.8 Å². The molecule has 0 radical (unpaired) electrons. The minimum Gasteiger partial charge on any atom is -0.414 e. The van der Waals surface area contributed by atoms with Gasteiger partial charge in [0.15, 0.2) is 0 Å². The predicted octanol–water partition coefficient (Wildman–Crippen LogP) is 4.32. The lowest BCUT2D eigenvalue weighted by Gasteiger charge is -2.09. The first kappa shape index (κ1) is 15.6. The largest absolute Gasteiger partial charge is 0.414 e. The van der Waals surface area contributed by atoms with E-state index in [1.165, 1.54) is 11.8 Å². The summed E-state index contributed by atoms with van der Waals surface area (Å²) in [4.78, 5) is 0. The number of benzene rings is 1. The Hall–Kier alpha value is -0.750. The van der Waals surface area contributed by atoms with Crippen molar-refractivity contribution in [1.82, 2.24) is 10.2 Å². The molecule has 0 aliphatic rings. The molecule has 2 aromatic rings. The fourth-order valence-electron chi connectivity index (χ4n) is 1.48. The number of nitrogens with zero attached hydrogens (tertiary/aromatic N) is 2. The summed E-state index contributed by atoms with van der Waals surface area (Å²) in [6.07, 6.45) is 0. The Labute approximate surface area is 132 Å². The van der Waals surface area contributed by atoms with Crippen molar-refractivity contribution in [3.63, 3.8) is 0 Å². The second kappa shape index (κ2) is 6.80. The lowest BCUT2D eigenvalue weighted by atomic mass is 10.1. The minimum atomic E-state index is -0.240. The van der Waals surface area contributed by atoms with E-state index in [-0.39, 0.29) is 12.0 Å². The van der Waals surface area contributed by atoms with Crippen LogP contribution in [0.2, 0.25) is 10.0 Å². The first-order valence-corrected chi connectivity index (χ1v) is 7.87. The van der Waals surface area contributed by atoms with E-state index >= 15 is 0 Å². The van der Waals surface area contributed by atoms with Crippen molar-refractivity contribution in [2.75, 3.05) is 0 Å². The SMILES string of the molecule is CC(C)[C@H](N)c1nnc(SCc2ccc(Cl)cc2Cl)o1. The van der Waals surface area contributed by atoms with Gasteiger partial charge in [0.25, 0.3) is 5.22 Å². The Morgan fingerprint density at radius 3 is 2.70 bits per heavy atom. The van der Waals surface area contributed by atoms with E-state index in [9.17, 15) is 0 Å². The lowest BCUT2D eigenvalue weighted by Crippen LogP contribution is -2.16. The summed E-state index contributed by atoms with van der Waals surface area (Å²) in [6, 6.07) is 5.16. The van der Waals surface area contributed by atoms with Gasteiger partial charge in [-0.25, -0.2) is 0 Å². The van der Waals surface area contributed by atoms with Crippen LogP contribution in [0.3, 0.4) is 0 Å². The van der Waals surface area contributed by atoms with Crippen LogP contribution < -0.4 is 5.73 Å². The molecule has 0 aliphatic carbocycles. The molecule has 0 amide bonds. The van der Waals surface area contributed by atoms with E-state index in [4.69, 9.17) is 33.4 Å². The van der Waals surface area contributed by atoms with Gasteiger partial charge in [0.2, 0.25) is 5.89 Å². The number of nitrogens with two attached hydrogens (primary N) is 1. The zero-order chi connectivity index (χ0) is 14.7. The normalized spacial score (nSPS) is 12.9. The molecule has 0 spiro atoms. The quantitative estimate of drug-likeness (QED) is 0.826. The molecule has 1 atom stereocenters. The molecule has 4 nitrogen and oxygen atoms in total. The highest BCUT2D eigenvalue weighted by molar-refractivity contribution is 7.98. The molecule has 7 heteroatoms. The molecule has 108 valence electrons. The van der Waals surface area contributed by atoms with Gasteiger partial charge < -0.3 is 10.2 Å². The molecule has 0 aliphatic heterocycles. The predicted molar refractivity (Wildman–Crippen MR) is 82.1 cm³/mol. The summed E-state index contributed by atoms with van der Waals surface area (Å²) in [5.74, 6) is 1.35. The third-order valence-corrected chi connectivity index (χ3v) is 4.25. The average Bonchev–Trinajstić information content (AvgIpc) is 2.85. The summed E-state index contributed by atoms with van der Waals surface area (Å²) in [7, 11) is 0. The van der Waals surface area contributed by atoms with Crippen molar-refractivity contribution in [3.8, 4) is 0 Å². The summed E-state index contributed by atoms with van der Waals surface area (Å²) in [5.41, 5.74) is 6.92. The van der Waals surface area contributed by atoms with Crippen molar-refractivity contribution in [2.24, 2.45) is 11.7 Å². The monoisotopic (exact) mass is 331 g/mol. The van der Waals surface area contributed by atoms with Gasteiger partial charge in [0.1, 0.15) is 0 Å². The molecular weight excluding hydrogens is 317 g/mol. The van der Waals surface area contributed by atoms with Crippen LogP contribution in [-0.2, 0) is 5.75 Å². The number of halogens is 2. The second-order valence-electron chi connectivity index (χ2n) is 4.70. The average molecular weight is 332 g/mol. The fourth-order valence-corrected chi connectivity index (χ4v) is 2.80. The molecule has 2 rings (SSSR count). The van der Waals surface area contributed by atoms with Gasteiger partial charge in [-0.05, 0) is 23.6 Å². The van der Waals surface area contributed by atoms with Crippen molar-refractivity contribution in [1.29, 1.82) is 0 Å². The molecule has 20 heavy (non-hydrogen) atoms. The number of hydrogen-bond donors (Lipinski definition) is 1. The first-order chi connectivity index (χ1) is 9.47. The number of thioether (sulfide) groups is 1. The van der Waals surface area contributed by atoms with E-state index in [0.29, 0.717) is 26.9 Å². The van der Waals surface area contributed by atoms with E-state index in [2.05, 4.69) is 10.2 Å². The summed E-state index contributed by atoms with van der Waals surface area (Å²) in [6.45, 7) is 4.02. The number of rotatable bonds is 5. The number of hydrogen-bond acceptors (Lipinski definition) is 5. The van der Waals surface area contributed by atoms with Gasteiger partial charge >= 0.3 is 0 Å².